The number of fused-ring (bicyclic) bond motifs is 1. The van der Waals surface area contributed by atoms with E-state index < -0.39 is 0 Å². The quantitative estimate of drug-likeness (QED) is 0.682. The number of hydrogen-bond acceptors (Lipinski definition) is 4. The van der Waals surface area contributed by atoms with E-state index in [-0.39, 0.29) is 24.2 Å². The number of carbonyl (C=O) groups excluding carboxylic acids is 2. The first-order valence-corrected chi connectivity index (χ1v) is 9.91. The summed E-state index contributed by atoms with van der Waals surface area (Å²) in [4.78, 5) is 23.2. The van der Waals surface area contributed by atoms with Gasteiger partial charge < -0.3 is 15.4 Å². The highest BCUT2D eigenvalue weighted by atomic mass is 32.2. The molecule has 27 heavy (non-hydrogen) atoms. The molecule has 0 fully saturated rings. The number of halogens is 1. The van der Waals surface area contributed by atoms with Gasteiger partial charge in [0.15, 0.2) is 6.61 Å². The predicted octanol–water partition coefficient (Wildman–Crippen LogP) is 3.14. The van der Waals surface area contributed by atoms with Crippen LogP contribution in [-0.2, 0) is 21.8 Å². The van der Waals surface area contributed by atoms with E-state index in [1.54, 1.807) is 36.0 Å². The van der Waals surface area contributed by atoms with E-state index in [1.165, 1.54) is 6.07 Å². The number of rotatable bonds is 8. The van der Waals surface area contributed by atoms with Crippen LogP contribution in [0.2, 0.25) is 0 Å². The minimum Gasteiger partial charge on any atom is -0.484 e. The summed E-state index contributed by atoms with van der Waals surface area (Å²) in [6.07, 6.45) is 1.13. The summed E-state index contributed by atoms with van der Waals surface area (Å²) in [7, 11) is 0. The van der Waals surface area contributed by atoms with Crippen LogP contribution in [0.5, 0.6) is 5.75 Å². The molecule has 2 aromatic rings. The van der Waals surface area contributed by atoms with Gasteiger partial charge in [0.05, 0.1) is 0 Å². The summed E-state index contributed by atoms with van der Waals surface area (Å²) in [6, 6.07) is 12.1. The molecule has 1 aliphatic rings. The molecule has 0 aromatic heterocycles. The standard InChI is InChI=1S/C20H21FN2O3S/c21-17-4-2-1-3-15(17)13-27-10-9-22-20(25)12-26-16-6-7-18-14(11-16)5-8-19(24)23-18/h1-4,6-7,11H,5,8-10,12-13H2,(H,22,25)(H,23,24). The maximum atomic E-state index is 13.5. The predicted molar refractivity (Wildman–Crippen MR) is 104 cm³/mol. The van der Waals surface area contributed by atoms with Crippen LogP contribution in [0.4, 0.5) is 10.1 Å². The number of nitrogens with one attached hydrogen (secondary N) is 2. The largest absolute Gasteiger partial charge is 0.484 e. The normalized spacial score (nSPS) is 12.9. The SMILES string of the molecule is O=C(COc1ccc2c(c1)CCC(=O)N2)NCCSCc1ccccc1F. The van der Waals surface area contributed by atoms with Crippen LogP contribution in [0.3, 0.4) is 0 Å². The van der Waals surface area contributed by atoms with Gasteiger partial charge in [0.2, 0.25) is 5.91 Å². The van der Waals surface area contributed by atoms with Gasteiger partial charge in [-0.2, -0.15) is 11.8 Å². The Morgan fingerprint density at radius 1 is 1.22 bits per heavy atom. The Hall–Kier alpha value is -2.54. The molecule has 2 amide bonds. The second-order valence-corrected chi connectivity index (χ2v) is 7.25. The Kier molecular flexibility index (Phi) is 6.70. The molecule has 0 unspecified atom stereocenters. The van der Waals surface area contributed by atoms with Crippen molar-refractivity contribution in [2.24, 2.45) is 0 Å². The first-order chi connectivity index (χ1) is 13.1. The van der Waals surface area contributed by atoms with Crippen molar-refractivity contribution in [3.05, 3.63) is 59.4 Å². The molecule has 0 atom stereocenters. The van der Waals surface area contributed by atoms with Crippen molar-refractivity contribution >= 4 is 29.3 Å². The van der Waals surface area contributed by atoms with Gasteiger partial charge in [-0.1, -0.05) is 18.2 Å². The molecule has 1 heterocycles. The van der Waals surface area contributed by atoms with E-state index in [2.05, 4.69) is 10.6 Å². The zero-order chi connectivity index (χ0) is 19.1. The third-order valence-corrected chi connectivity index (χ3v) is 5.13. The highest BCUT2D eigenvalue weighted by Gasteiger charge is 2.15. The first kappa shape index (κ1) is 19.2. The maximum absolute atomic E-state index is 13.5. The summed E-state index contributed by atoms with van der Waals surface area (Å²) in [5, 5.41) is 5.59. The number of thioether (sulfide) groups is 1. The van der Waals surface area contributed by atoms with Crippen LogP contribution in [0.25, 0.3) is 0 Å². The summed E-state index contributed by atoms with van der Waals surface area (Å²) in [6.45, 7) is 0.431. The molecular weight excluding hydrogens is 367 g/mol. The highest BCUT2D eigenvalue weighted by Crippen LogP contribution is 2.26. The maximum Gasteiger partial charge on any atom is 0.257 e. The van der Waals surface area contributed by atoms with Gasteiger partial charge >= 0.3 is 0 Å². The van der Waals surface area contributed by atoms with Gasteiger partial charge in [-0.25, -0.2) is 4.39 Å². The van der Waals surface area contributed by atoms with Gasteiger partial charge in [0, 0.05) is 30.2 Å². The molecule has 0 radical (unpaired) electrons. The Bertz CT molecular complexity index is 829. The van der Waals surface area contributed by atoms with Crippen molar-refractivity contribution in [3.8, 4) is 5.75 Å². The molecule has 0 aliphatic carbocycles. The van der Waals surface area contributed by atoms with Gasteiger partial charge in [-0.15, -0.1) is 0 Å². The van der Waals surface area contributed by atoms with Crippen molar-refractivity contribution in [2.75, 3.05) is 24.2 Å². The van der Waals surface area contributed by atoms with Gasteiger partial charge in [-0.3, -0.25) is 9.59 Å². The van der Waals surface area contributed by atoms with Crippen molar-refractivity contribution in [1.82, 2.24) is 5.32 Å². The Morgan fingerprint density at radius 3 is 2.93 bits per heavy atom. The molecule has 1 aliphatic heterocycles. The summed E-state index contributed by atoms with van der Waals surface area (Å²) in [5.41, 5.74) is 2.48. The molecule has 0 spiro atoms. The van der Waals surface area contributed by atoms with E-state index in [1.807, 2.05) is 12.1 Å². The lowest BCUT2D eigenvalue weighted by molar-refractivity contribution is -0.123. The monoisotopic (exact) mass is 388 g/mol. The van der Waals surface area contributed by atoms with Crippen LogP contribution in [0.15, 0.2) is 42.5 Å². The molecule has 2 N–H and O–H groups in total. The number of carbonyl (C=O) groups is 2. The van der Waals surface area contributed by atoms with E-state index in [0.717, 1.165) is 11.3 Å². The van der Waals surface area contributed by atoms with E-state index >= 15 is 0 Å². The lowest BCUT2D eigenvalue weighted by atomic mass is 10.0. The molecule has 0 bridgehead atoms. The highest BCUT2D eigenvalue weighted by molar-refractivity contribution is 7.98. The Balaban J connectivity index is 1.34. The third-order valence-electron chi connectivity index (χ3n) is 4.13. The molecule has 2 aromatic carbocycles. The lowest BCUT2D eigenvalue weighted by Gasteiger charge is -2.17. The van der Waals surface area contributed by atoms with Crippen LogP contribution < -0.4 is 15.4 Å². The van der Waals surface area contributed by atoms with E-state index in [0.29, 0.717) is 42.2 Å². The van der Waals surface area contributed by atoms with Crippen molar-refractivity contribution < 1.29 is 18.7 Å². The third kappa shape index (κ3) is 5.72. The Morgan fingerprint density at radius 2 is 2.07 bits per heavy atom. The number of ether oxygens (including phenoxy) is 1. The van der Waals surface area contributed by atoms with Crippen molar-refractivity contribution in [3.63, 3.8) is 0 Å². The number of hydrogen-bond donors (Lipinski definition) is 2. The Labute approximate surface area is 161 Å². The van der Waals surface area contributed by atoms with Crippen LogP contribution in [0.1, 0.15) is 17.5 Å². The number of anilines is 1. The summed E-state index contributed by atoms with van der Waals surface area (Å²) in [5.74, 6) is 1.49. The fourth-order valence-electron chi connectivity index (χ4n) is 2.71. The van der Waals surface area contributed by atoms with E-state index in [4.69, 9.17) is 4.74 Å². The van der Waals surface area contributed by atoms with E-state index in [9.17, 15) is 14.0 Å². The van der Waals surface area contributed by atoms with Crippen molar-refractivity contribution in [2.45, 2.75) is 18.6 Å². The van der Waals surface area contributed by atoms with Crippen LogP contribution in [0, 0.1) is 5.82 Å². The minimum atomic E-state index is -0.202. The second kappa shape index (κ2) is 9.41. The molecule has 0 saturated carbocycles. The molecule has 142 valence electrons. The molecular formula is C20H21FN2O3S. The average Bonchev–Trinajstić information content (AvgIpc) is 2.67. The molecule has 3 rings (SSSR count). The fourth-order valence-corrected chi connectivity index (χ4v) is 3.55. The fraction of sp³-hybridized carbons (Fsp3) is 0.300. The summed E-state index contributed by atoms with van der Waals surface area (Å²) < 4.78 is 19.0. The zero-order valence-corrected chi connectivity index (χ0v) is 15.6. The molecule has 5 nitrogen and oxygen atoms in total. The smallest absolute Gasteiger partial charge is 0.257 e. The van der Waals surface area contributed by atoms with Crippen LogP contribution >= 0.6 is 11.8 Å². The summed E-state index contributed by atoms with van der Waals surface area (Å²) >= 11 is 1.56. The lowest BCUT2D eigenvalue weighted by Crippen LogP contribution is -2.30. The average molecular weight is 388 g/mol. The minimum absolute atomic E-state index is 0.0171. The van der Waals surface area contributed by atoms with Gasteiger partial charge in [-0.05, 0) is 41.8 Å². The van der Waals surface area contributed by atoms with Gasteiger partial charge in [0.25, 0.3) is 5.91 Å². The molecule has 7 heteroatoms. The van der Waals surface area contributed by atoms with Crippen LogP contribution in [-0.4, -0.2) is 30.7 Å². The second-order valence-electron chi connectivity index (χ2n) is 6.15. The van der Waals surface area contributed by atoms with Crippen molar-refractivity contribution in [1.29, 1.82) is 0 Å². The zero-order valence-electron chi connectivity index (χ0n) is 14.8. The van der Waals surface area contributed by atoms with Gasteiger partial charge in [0.1, 0.15) is 11.6 Å². The first-order valence-electron chi connectivity index (χ1n) is 8.75. The number of aryl methyl sites for hydroxylation is 1. The topological polar surface area (TPSA) is 67.4 Å². The number of benzene rings is 2. The molecule has 0 saturated heterocycles. The number of amides is 2.